The van der Waals surface area contributed by atoms with E-state index < -0.39 is 8.07 Å². The summed E-state index contributed by atoms with van der Waals surface area (Å²) in [6.07, 6.45) is 0. The SMILES string of the molecule is C[Si]1(C)c2ccccc2-c2c(-c3nc(-c4ccccc4)nc(-c4cccc5oc6c(-c7ccccc7)cccc6c45)n3)ccc(-c3ccccc3)c21. The third-order valence-electron chi connectivity index (χ3n) is 10.5. The summed E-state index contributed by atoms with van der Waals surface area (Å²) in [5, 5.41) is 4.90. The van der Waals surface area contributed by atoms with Crippen LogP contribution in [0.15, 0.2) is 168 Å². The monoisotopic (exact) mass is 683 g/mol. The molecular formula is C47H33N3OSi. The molecule has 0 spiro atoms. The zero-order valence-corrected chi connectivity index (χ0v) is 29.8. The van der Waals surface area contributed by atoms with Gasteiger partial charge < -0.3 is 4.42 Å². The van der Waals surface area contributed by atoms with E-state index in [4.69, 9.17) is 19.4 Å². The Kier molecular flexibility index (Phi) is 6.91. The average Bonchev–Trinajstić information content (AvgIpc) is 3.71. The largest absolute Gasteiger partial charge is 0.455 e. The van der Waals surface area contributed by atoms with Gasteiger partial charge in [0.15, 0.2) is 17.5 Å². The van der Waals surface area contributed by atoms with E-state index in [2.05, 4.69) is 140 Å². The number of fused-ring (bicyclic) bond motifs is 6. The first-order valence-electron chi connectivity index (χ1n) is 17.7. The highest BCUT2D eigenvalue weighted by atomic mass is 28.3. The highest BCUT2D eigenvalue weighted by Crippen LogP contribution is 2.42. The Morgan fingerprint density at radius 2 is 0.962 bits per heavy atom. The van der Waals surface area contributed by atoms with Gasteiger partial charge in [-0.05, 0) is 50.3 Å². The lowest BCUT2D eigenvalue weighted by Gasteiger charge is -2.23. The van der Waals surface area contributed by atoms with Gasteiger partial charge in [0.05, 0.1) is 0 Å². The van der Waals surface area contributed by atoms with Crippen LogP contribution in [0.1, 0.15) is 0 Å². The second kappa shape index (κ2) is 11.8. The maximum atomic E-state index is 6.64. The molecule has 1 aliphatic heterocycles. The van der Waals surface area contributed by atoms with Crippen LogP contribution in [0.3, 0.4) is 0 Å². The predicted molar refractivity (Wildman–Crippen MR) is 216 cm³/mol. The van der Waals surface area contributed by atoms with Crippen LogP contribution >= 0.6 is 0 Å². The quantitative estimate of drug-likeness (QED) is 0.169. The van der Waals surface area contributed by atoms with Gasteiger partial charge >= 0.3 is 0 Å². The molecule has 0 N–H and O–H groups in total. The van der Waals surface area contributed by atoms with Crippen LogP contribution in [0.25, 0.3) is 89.5 Å². The van der Waals surface area contributed by atoms with E-state index in [0.717, 1.165) is 49.8 Å². The second-order valence-electron chi connectivity index (χ2n) is 13.9. The van der Waals surface area contributed by atoms with Crippen molar-refractivity contribution in [1.29, 1.82) is 0 Å². The maximum Gasteiger partial charge on any atom is 0.164 e. The third kappa shape index (κ3) is 4.70. The van der Waals surface area contributed by atoms with E-state index in [9.17, 15) is 0 Å². The second-order valence-corrected chi connectivity index (χ2v) is 18.2. The Morgan fingerprint density at radius 1 is 0.423 bits per heavy atom. The molecule has 0 aliphatic carbocycles. The Hall–Kier alpha value is -6.43. The normalized spacial score (nSPS) is 13.0. The van der Waals surface area contributed by atoms with E-state index in [0.29, 0.717) is 17.5 Å². The van der Waals surface area contributed by atoms with E-state index in [1.165, 1.54) is 32.6 Å². The van der Waals surface area contributed by atoms with Gasteiger partial charge in [-0.25, -0.2) is 15.0 Å². The first-order valence-corrected chi connectivity index (χ1v) is 20.7. The van der Waals surface area contributed by atoms with Crippen molar-refractivity contribution in [3.05, 3.63) is 164 Å². The smallest absolute Gasteiger partial charge is 0.164 e. The molecule has 246 valence electrons. The molecule has 9 aromatic rings. The van der Waals surface area contributed by atoms with Gasteiger partial charge in [-0.1, -0.05) is 165 Å². The van der Waals surface area contributed by atoms with Crippen molar-refractivity contribution in [3.63, 3.8) is 0 Å². The van der Waals surface area contributed by atoms with Crippen molar-refractivity contribution >= 4 is 40.4 Å². The summed E-state index contributed by atoms with van der Waals surface area (Å²) in [6, 6.07) is 57.4. The van der Waals surface area contributed by atoms with Gasteiger partial charge in [-0.2, -0.15) is 0 Å². The minimum Gasteiger partial charge on any atom is -0.455 e. The molecule has 2 aromatic heterocycles. The molecule has 52 heavy (non-hydrogen) atoms. The Bertz CT molecular complexity index is 2810. The van der Waals surface area contributed by atoms with Crippen molar-refractivity contribution < 1.29 is 4.42 Å². The summed E-state index contributed by atoms with van der Waals surface area (Å²) >= 11 is 0. The van der Waals surface area contributed by atoms with Crippen molar-refractivity contribution in [3.8, 4) is 67.5 Å². The molecule has 0 fully saturated rings. The standard InChI is InChI=1S/C47H33N3OSi/c1-52(2)40-27-13-12-22-35(40)42-38(29-28-34(44(42)52)31-18-8-4-9-19-31)47-49-45(32-20-10-5-11-21-32)48-46(50-47)37-25-15-26-39-41(37)36-24-14-23-33(43(36)51-39)30-16-6-3-7-17-30/h3-29H,1-2H3. The number of hydrogen-bond acceptors (Lipinski definition) is 4. The first kappa shape index (κ1) is 30.4. The molecule has 0 bridgehead atoms. The summed E-state index contributed by atoms with van der Waals surface area (Å²) < 4.78 is 6.64. The molecule has 1 aliphatic rings. The fourth-order valence-electron chi connectivity index (χ4n) is 8.17. The molecule has 4 nitrogen and oxygen atoms in total. The summed E-state index contributed by atoms with van der Waals surface area (Å²) in [6.45, 7) is 4.94. The molecule has 0 atom stereocenters. The third-order valence-corrected chi connectivity index (χ3v) is 14.1. The van der Waals surface area contributed by atoms with Crippen LogP contribution < -0.4 is 10.4 Å². The van der Waals surface area contributed by atoms with Crippen LogP contribution in [0.2, 0.25) is 13.1 Å². The lowest BCUT2D eigenvalue weighted by atomic mass is 9.94. The summed E-state index contributed by atoms with van der Waals surface area (Å²) in [5.41, 5.74) is 11.7. The van der Waals surface area contributed by atoms with Crippen molar-refractivity contribution in [1.82, 2.24) is 15.0 Å². The number of hydrogen-bond donors (Lipinski definition) is 0. The molecular weight excluding hydrogens is 651 g/mol. The molecule has 5 heteroatoms. The molecule has 7 aromatic carbocycles. The Morgan fingerprint density at radius 3 is 1.69 bits per heavy atom. The molecule has 0 unspecified atom stereocenters. The summed E-state index contributed by atoms with van der Waals surface area (Å²) in [7, 11) is -2.10. The zero-order valence-electron chi connectivity index (χ0n) is 28.8. The van der Waals surface area contributed by atoms with Gasteiger partial charge in [0.25, 0.3) is 0 Å². The minimum absolute atomic E-state index is 0.617. The van der Waals surface area contributed by atoms with Gasteiger partial charge in [-0.3, -0.25) is 0 Å². The average molecular weight is 684 g/mol. The molecule has 0 saturated carbocycles. The van der Waals surface area contributed by atoms with Gasteiger partial charge in [0.1, 0.15) is 19.2 Å². The van der Waals surface area contributed by atoms with E-state index >= 15 is 0 Å². The zero-order chi connectivity index (χ0) is 34.8. The Labute approximate surface area is 303 Å². The van der Waals surface area contributed by atoms with Crippen molar-refractivity contribution in [2.75, 3.05) is 0 Å². The topological polar surface area (TPSA) is 51.8 Å². The van der Waals surface area contributed by atoms with Crippen molar-refractivity contribution in [2.45, 2.75) is 13.1 Å². The summed E-state index contributed by atoms with van der Waals surface area (Å²) in [5.74, 6) is 1.92. The number of furan rings is 1. The minimum atomic E-state index is -2.10. The number of nitrogens with zero attached hydrogens (tertiary/aromatic N) is 3. The van der Waals surface area contributed by atoms with E-state index in [1.54, 1.807) is 0 Å². The predicted octanol–water partition coefficient (Wildman–Crippen LogP) is 10.9. The van der Waals surface area contributed by atoms with Crippen LogP contribution in [0, 0.1) is 0 Å². The fraction of sp³-hybridized carbons (Fsp3) is 0.0426. The number of rotatable bonds is 5. The van der Waals surface area contributed by atoms with Crippen LogP contribution in [0.4, 0.5) is 0 Å². The lowest BCUT2D eigenvalue weighted by Crippen LogP contribution is -2.50. The van der Waals surface area contributed by atoms with Crippen LogP contribution in [-0.2, 0) is 0 Å². The van der Waals surface area contributed by atoms with Crippen LogP contribution in [0.5, 0.6) is 0 Å². The number of aromatic nitrogens is 3. The molecule has 0 saturated heterocycles. The highest BCUT2D eigenvalue weighted by molar-refractivity contribution is 7.04. The van der Waals surface area contributed by atoms with E-state index in [-0.39, 0.29) is 0 Å². The van der Waals surface area contributed by atoms with Crippen molar-refractivity contribution in [2.24, 2.45) is 0 Å². The summed E-state index contributed by atoms with van der Waals surface area (Å²) in [4.78, 5) is 15.8. The molecule has 0 radical (unpaired) electrons. The van der Waals surface area contributed by atoms with Gasteiger partial charge in [0.2, 0.25) is 0 Å². The molecule has 10 rings (SSSR count). The van der Waals surface area contributed by atoms with Gasteiger partial charge in [0, 0.05) is 33.0 Å². The number of para-hydroxylation sites is 1. The van der Waals surface area contributed by atoms with Crippen LogP contribution in [-0.4, -0.2) is 23.0 Å². The lowest BCUT2D eigenvalue weighted by molar-refractivity contribution is 0.670. The van der Waals surface area contributed by atoms with E-state index in [1.807, 2.05) is 36.4 Å². The molecule has 3 heterocycles. The highest BCUT2D eigenvalue weighted by Gasteiger charge is 2.41. The first-order chi connectivity index (χ1) is 25.6. The Balaban J connectivity index is 1.26. The van der Waals surface area contributed by atoms with Gasteiger partial charge in [-0.15, -0.1) is 0 Å². The maximum absolute atomic E-state index is 6.64. The number of benzene rings is 7. The molecule has 0 amide bonds. The fourth-order valence-corrected chi connectivity index (χ4v) is 11.6.